The van der Waals surface area contributed by atoms with E-state index < -0.39 is 0 Å². The topological polar surface area (TPSA) is 20.3 Å². The molecule has 0 bridgehead atoms. The zero-order valence-corrected chi connectivity index (χ0v) is 9.07. The minimum absolute atomic E-state index is 0.145. The van der Waals surface area contributed by atoms with Crippen LogP contribution in [0.2, 0.25) is 0 Å². The Hall–Kier alpha value is -0.180. The summed E-state index contributed by atoms with van der Waals surface area (Å²) in [6.45, 7) is 6.37. The Balaban J connectivity index is 2.81. The molecular formula is C9H17NOS. The lowest BCUT2D eigenvalue weighted by molar-refractivity contribution is -0.135. The normalized spacial score (nSPS) is 30.2. The summed E-state index contributed by atoms with van der Waals surface area (Å²) >= 11 is 1.84. The molecule has 0 aromatic carbocycles. The third-order valence-electron chi connectivity index (χ3n) is 2.68. The molecule has 1 rings (SSSR count). The molecule has 12 heavy (non-hydrogen) atoms. The zero-order chi connectivity index (χ0) is 9.35. The van der Waals surface area contributed by atoms with Crippen molar-refractivity contribution in [3.63, 3.8) is 0 Å². The van der Waals surface area contributed by atoms with Gasteiger partial charge in [0.2, 0.25) is 5.91 Å². The average molecular weight is 187 g/mol. The number of thioether (sulfide) groups is 1. The van der Waals surface area contributed by atoms with Crippen molar-refractivity contribution in [3.05, 3.63) is 0 Å². The lowest BCUT2D eigenvalue weighted by Gasteiger charge is -2.28. The van der Waals surface area contributed by atoms with Gasteiger partial charge in [0.15, 0.2) is 0 Å². The maximum atomic E-state index is 11.7. The highest BCUT2D eigenvalue weighted by Gasteiger charge is 2.35. The van der Waals surface area contributed by atoms with E-state index in [9.17, 15) is 4.79 Å². The maximum absolute atomic E-state index is 11.7. The van der Waals surface area contributed by atoms with E-state index in [-0.39, 0.29) is 17.2 Å². The third kappa shape index (κ3) is 1.76. The molecule has 1 amide bonds. The number of hydrogen-bond donors (Lipinski definition) is 0. The Labute approximate surface area is 78.7 Å². The van der Waals surface area contributed by atoms with E-state index in [1.165, 1.54) is 0 Å². The largest absolute Gasteiger partial charge is 0.336 e. The minimum atomic E-state index is 0.145. The Morgan fingerprint density at radius 3 is 2.75 bits per heavy atom. The first-order valence-electron chi connectivity index (χ1n) is 4.28. The number of hydrogen-bond acceptors (Lipinski definition) is 2. The quantitative estimate of drug-likeness (QED) is 0.576. The molecule has 2 nitrogen and oxygen atoms in total. The fraction of sp³-hybridized carbons (Fsp3) is 0.889. The molecule has 0 aromatic heterocycles. The molecule has 1 aliphatic heterocycles. The molecule has 0 saturated carbocycles. The number of amides is 1. The number of carbonyl (C=O) groups excluding carboxylic acids is 1. The maximum Gasteiger partial charge on any atom is 0.226 e. The van der Waals surface area contributed by atoms with Crippen molar-refractivity contribution >= 4 is 17.7 Å². The van der Waals surface area contributed by atoms with E-state index in [0.717, 1.165) is 11.6 Å². The highest BCUT2D eigenvalue weighted by molar-refractivity contribution is 7.99. The van der Waals surface area contributed by atoms with Crippen LogP contribution in [0, 0.1) is 11.3 Å². The van der Waals surface area contributed by atoms with Crippen molar-refractivity contribution in [2.75, 3.05) is 18.7 Å². The molecule has 0 spiro atoms. The van der Waals surface area contributed by atoms with Crippen molar-refractivity contribution in [1.82, 2.24) is 4.90 Å². The standard InChI is InChI=1S/C9H17NOS/c1-7-8(11)10(4)6-12-5-9(7,2)3/h7H,5-6H2,1-4H3/t7-/m1/s1. The van der Waals surface area contributed by atoms with E-state index in [4.69, 9.17) is 0 Å². The van der Waals surface area contributed by atoms with Crippen molar-refractivity contribution in [3.8, 4) is 0 Å². The molecular weight excluding hydrogens is 170 g/mol. The van der Waals surface area contributed by atoms with Crippen molar-refractivity contribution < 1.29 is 4.79 Å². The summed E-state index contributed by atoms with van der Waals surface area (Å²) < 4.78 is 0. The SMILES string of the molecule is C[C@@H]1C(=O)N(C)CSCC1(C)C. The molecule has 1 heterocycles. The highest BCUT2D eigenvalue weighted by Crippen LogP contribution is 2.34. The van der Waals surface area contributed by atoms with Gasteiger partial charge in [0.05, 0.1) is 5.88 Å². The predicted molar refractivity (Wildman–Crippen MR) is 53.0 cm³/mol. The van der Waals surface area contributed by atoms with Crippen LogP contribution < -0.4 is 0 Å². The summed E-state index contributed by atoms with van der Waals surface area (Å²) in [4.78, 5) is 13.5. The van der Waals surface area contributed by atoms with Crippen LogP contribution in [0.1, 0.15) is 20.8 Å². The fourth-order valence-electron chi connectivity index (χ4n) is 1.30. The molecule has 1 fully saturated rings. The average Bonchev–Trinajstić information content (AvgIpc) is 2.06. The Bertz CT molecular complexity index is 191. The number of rotatable bonds is 0. The number of nitrogens with zero attached hydrogens (tertiary/aromatic N) is 1. The van der Waals surface area contributed by atoms with Gasteiger partial charge in [-0.05, 0) is 5.41 Å². The zero-order valence-electron chi connectivity index (χ0n) is 8.26. The van der Waals surface area contributed by atoms with Crippen LogP contribution in [0.25, 0.3) is 0 Å². The van der Waals surface area contributed by atoms with E-state index in [0.29, 0.717) is 0 Å². The molecule has 0 unspecified atom stereocenters. The lowest BCUT2D eigenvalue weighted by atomic mass is 9.81. The van der Waals surface area contributed by atoms with E-state index in [1.807, 2.05) is 30.6 Å². The molecule has 0 aromatic rings. The summed E-state index contributed by atoms with van der Waals surface area (Å²) in [5, 5.41) is 0. The van der Waals surface area contributed by atoms with Gasteiger partial charge in [0.25, 0.3) is 0 Å². The van der Waals surface area contributed by atoms with Gasteiger partial charge in [-0.2, -0.15) is 0 Å². The Morgan fingerprint density at radius 1 is 1.58 bits per heavy atom. The summed E-state index contributed by atoms with van der Waals surface area (Å²) in [5.41, 5.74) is 0.145. The fourth-order valence-corrected chi connectivity index (χ4v) is 2.57. The van der Waals surface area contributed by atoms with Crippen LogP contribution in [0.5, 0.6) is 0 Å². The van der Waals surface area contributed by atoms with Crippen LogP contribution in [0.15, 0.2) is 0 Å². The van der Waals surface area contributed by atoms with Crippen molar-refractivity contribution in [1.29, 1.82) is 0 Å². The summed E-state index contributed by atoms with van der Waals surface area (Å²) in [6, 6.07) is 0. The van der Waals surface area contributed by atoms with E-state index >= 15 is 0 Å². The smallest absolute Gasteiger partial charge is 0.226 e. The molecule has 0 N–H and O–H groups in total. The van der Waals surface area contributed by atoms with Gasteiger partial charge in [-0.25, -0.2) is 0 Å². The Morgan fingerprint density at radius 2 is 2.17 bits per heavy atom. The van der Waals surface area contributed by atoms with E-state index in [2.05, 4.69) is 13.8 Å². The van der Waals surface area contributed by atoms with Crippen LogP contribution in [-0.2, 0) is 4.79 Å². The second kappa shape index (κ2) is 3.29. The summed E-state index contributed by atoms with van der Waals surface area (Å²) in [5.74, 6) is 2.35. The summed E-state index contributed by atoms with van der Waals surface area (Å²) in [6.07, 6.45) is 0. The lowest BCUT2D eigenvalue weighted by Crippen LogP contribution is -2.36. The number of carbonyl (C=O) groups is 1. The van der Waals surface area contributed by atoms with Crippen molar-refractivity contribution in [2.24, 2.45) is 11.3 Å². The molecule has 0 aliphatic carbocycles. The first-order chi connectivity index (χ1) is 5.45. The van der Waals surface area contributed by atoms with Crippen LogP contribution in [0.4, 0.5) is 0 Å². The predicted octanol–water partition coefficient (Wildman–Crippen LogP) is 1.81. The van der Waals surface area contributed by atoms with Crippen LogP contribution in [-0.4, -0.2) is 29.5 Å². The van der Waals surface area contributed by atoms with Crippen molar-refractivity contribution in [2.45, 2.75) is 20.8 Å². The minimum Gasteiger partial charge on any atom is -0.336 e. The van der Waals surface area contributed by atoms with Crippen LogP contribution >= 0.6 is 11.8 Å². The highest BCUT2D eigenvalue weighted by atomic mass is 32.2. The molecule has 70 valence electrons. The molecule has 1 aliphatic rings. The Kier molecular flexibility index (Phi) is 2.71. The molecule has 3 heteroatoms. The monoisotopic (exact) mass is 187 g/mol. The first kappa shape index (κ1) is 9.90. The van der Waals surface area contributed by atoms with Gasteiger partial charge < -0.3 is 4.90 Å². The van der Waals surface area contributed by atoms with Gasteiger partial charge in [-0.15, -0.1) is 11.8 Å². The third-order valence-corrected chi connectivity index (χ3v) is 4.20. The van der Waals surface area contributed by atoms with Crippen LogP contribution in [0.3, 0.4) is 0 Å². The van der Waals surface area contributed by atoms with Gasteiger partial charge >= 0.3 is 0 Å². The van der Waals surface area contributed by atoms with Gasteiger partial charge in [-0.1, -0.05) is 20.8 Å². The summed E-state index contributed by atoms with van der Waals surface area (Å²) in [7, 11) is 1.88. The molecule has 1 atom stereocenters. The van der Waals surface area contributed by atoms with Gasteiger partial charge in [0, 0.05) is 18.7 Å². The molecule has 0 radical (unpaired) electrons. The van der Waals surface area contributed by atoms with Gasteiger partial charge in [-0.3, -0.25) is 4.79 Å². The van der Waals surface area contributed by atoms with E-state index in [1.54, 1.807) is 0 Å². The molecule has 1 saturated heterocycles. The second-order valence-corrected chi connectivity index (χ2v) is 5.18. The second-order valence-electron chi connectivity index (χ2n) is 4.22. The van der Waals surface area contributed by atoms with Gasteiger partial charge in [0.1, 0.15) is 0 Å². The first-order valence-corrected chi connectivity index (χ1v) is 5.43.